The van der Waals surface area contributed by atoms with E-state index in [0.29, 0.717) is 17.7 Å². The molecule has 2 N–H and O–H groups in total. The van der Waals surface area contributed by atoms with Crippen molar-refractivity contribution in [2.24, 2.45) is 7.05 Å². The van der Waals surface area contributed by atoms with Crippen molar-refractivity contribution in [3.05, 3.63) is 30.5 Å². The average molecular weight is 217 g/mol. The van der Waals surface area contributed by atoms with Crippen LogP contribution in [0.4, 0.5) is 5.69 Å². The van der Waals surface area contributed by atoms with Gasteiger partial charge in [-0.3, -0.25) is 9.48 Å². The van der Waals surface area contributed by atoms with Crippen LogP contribution in [0.2, 0.25) is 0 Å². The lowest BCUT2D eigenvalue weighted by Gasteiger charge is -2.07. The number of carbonyl (C=O) groups excluding carboxylic acids is 1. The minimum absolute atomic E-state index is 0.153. The molecule has 0 radical (unpaired) electrons. The zero-order valence-corrected chi connectivity index (χ0v) is 8.71. The molecule has 82 valence electrons. The molecule has 0 atom stereocenters. The van der Waals surface area contributed by atoms with Crippen LogP contribution in [0.3, 0.4) is 0 Å². The van der Waals surface area contributed by atoms with Crippen molar-refractivity contribution in [2.75, 3.05) is 5.32 Å². The fraction of sp³-hybridized carbons (Fsp3) is 0.0909. The number of nitrogens with zero attached hydrogens (tertiary/aromatic N) is 2. The maximum absolute atomic E-state index is 10.3. The van der Waals surface area contributed by atoms with E-state index in [1.54, 1.807) is 36.1 Å². The smallest absolute Gasteiger partial charge is 0.211 e. The van der Waals surface area contributed by atoms with Gasteiger partial charge in [0.2, 0.25) is 6.41 Å². The van der Waals surface area contributed by atoms with Crippen LogP contribution in [0.15, 0.2) is 30.5 Å². The van der Waals surface area contributed by atoms with Gasteiger partial charge in [0.25, 0.3) is 0 Å². The van der Waals surface area contributed by atoms with Crippen molar-refractivity contribution in [1.82, 2.24) is 9.78 Å². The van der Waals surface area contributed by atoms with Crippen LogP contribution < -0.4 is 5.32 Å². The molecule has 0 bridgehead atoms. The van der Waals surface area contributed by atoms with E-state index >= 15 is 0 Å². The van der Waals surface area contributed by atoms with Gasteiger partial charge in [0.15, 0.2) is 0 Å². The quantitative estimate of drug-likeness (QED) is 0.602. The summed E-state index contributed by atoms with van der Waals surface area (Å²) in [6.07, 6.45) is 2.24. The largest absolute Gasteiger partial charge is 0.507 e. The molecular weight excluding hydrogens is 206 g/mol. The van der Waals surface area contributed by atoms with E-state index in [9.17, 15) is 9.90 Å². The number of phenols is 1. The number of nitrogens with one attached hydrogen (secondary N) is 1. The predicted octanol–water partition coefficient (Wildman–Crippen LogP) is 1.36. The van der Waals surface area contributed by atoms with E-state index < -0.39 is 0 Å². The molecule has 1 amide bonds. The van der Waals surface area contributed by atoms with Crippen molar-refractivity contribution in [3.63, 3.8) is 0 Å². The van der Waals surface area contributed by atoms with Crippen LogP contribution in [-0.4, -0.2) is 21.3 Å². The minimum atomic E-state index is 0.153. The Bertz CT molecular complexity index is 520. The monoisotopic (exact) mass is 217 g/mol. The van der Waals surface area contributed by atoms with E-state index in [1.165, 1.54) is 6.07 Å². The lowest BCUT2D eigenvalue weighted by atomic mass is 10.1. The molecule has 0 unspecified atom stereocenters. The van der Waals surface area contributed by atoms with Crippen LogP contribution in [0.1, 0.15) is 0 Å². The number of amides is 1. The van der Waals surface area contributed by atoms with Crippen LogP contribution >= 0.6 is 0 Å². The van der Waals surface area contributed by atoms with Gasteiger partial charge in [-0.1, -0.05) is 0 Å². The zero-order chi connectivity index (χ0) is 11.5. The van der Waals surface area contributed by atoms with Crippen molar-refractivity contribution < 1.29 is 9.90 Å². The Balaban J connectivity index is 2.51. The summed E-state index contributed by atoms with van der Waals surface area (Å²) in [5.41, 5.74) is 2.04. The first-order valence-electron chi connectivity index (χ1n) is 4.74. The molecule has 0 spiro atoms. The summed E-state index contributed by atoms with van der Waals surface area (Å²) in [5, 5.41) is 16.3. The van der Waals surface area contributed by atoms with Gasteiger partial charge in [0, 0.05) is 24.5 Å². The predicted molar refractivity (Wildman–Crippen MR) is 60.0 cm³/mol. The summed E-state index contributed by atoms with van der Waals surface area (Å²) in [7, 11) is 1.79. The summed E-state index contributed by atoms with van der Waals surface area (Å²) in [4.78, 5) is 10.3. The first-order chi connectivity index (χ1) is 7.72. The number of benzene rings is 1. The second-order valence-corrected chi connectivity index (χ2v) is 3.33. The first-order valence-corrected chi connectivity index (χ1v) is 4.74. The van der Waals surface area contributed by atoms with Gasteiger partial charge in [-0.2, -0.15) is 5.10 Å². The number of aromatic hydroxyl groups is 1. The topological polar surface area (TPSA) is 67.2 Å². The van der Waals surface area contributed by atoms with Crippen molar-refractivity contribution in [3.8, 4) is 17.0 Å². The summed E-state index contributed by atoms with van der Waals surface area (Å²) < 4.78 is 1.65. The number of aryl methyl sites for hydroxylation is 1. The van der Waals surface area contributed by atoms with Gasteiger partial charge in [-0.25, -0.2) is 0 Å². The Labute approximate surface area is 92.3 Å². The summed E-state index contributed by atoms with van der Waals surface area (Å²) >= 11 is 0. The average Bonchev–Trinajstić information content (AvgIpc) is 2.68. The molecule has 0 aliphatic carbocycles. The lowest BCUT2D eigenvalue weighted by molar-refractivity contribution is -0.105. The zero-order valence-electron chi connectivity index (χ0n) is 8.71. The van der Waals surface area contributed by atoms with Crippen LogP contribution in [0.5, 0.6) is 5.75 Å². The van der Waals surface area contributed by atoms with Crippen LogP contribution in [0.25, 0.3) is 11.3 Å². The molecular formula is C11H11N3O2. The van der Waals surface area contributed by atoms with Gasteiger partial charge in [0.05, 0.1) is 5.69 Å². The van der Waals surface area contributed by atoms with E-state index in [1.807, 2.05) is 0 Å². The standard InChI is InChI=1S/C11H11N3O2/c1-14-10(4-5-13-14)9-6-8(12-7-15)2-3-11(9)16/h2-7,16H,1H3,(H,12,15). The van der Waals surface area contributed by atoms with Crippen molar-refractivity contribution in [1.29, 1.82) is 0 Å². The van der Waals surface area contributed by atoms with Gasteiger partial charge < -0.3 is 10.4 Å². The fourth-order valence-electron chi connectivity index (χ4n) is 1.54. The summed E-state index contributed by atoms with van der Waals surface area (Å²) in [6, 6.07) is 6.65. The van der Waals surface area contributed by atoms with Gasteiger partial charge in [0.1, 0.15) is 5.75 Å². The number of phenolic OH excluding ortho intramolecular Hbond substituents is 1. The minimum Gasteiger partial charge on any atom is -0.507 e. The molecule has 1 aromatic carbocycles. The third-order valence-electron chi connectivity index (χ3n) is 2.32. The highest BCUT2D eigenvalue weighted by Gasteiger charge is 2.08. The van der Waals surface area contributed by atoms with Crippen molar-refractivity contribution in [2.45, 2.75) is 0 Å². The fourth-order valence-corrected chi connectivity index (χ4v) is 1.54. The third kappa shape index (κ3) is 1.75. The molecule has 0 saturated heterocycles. The SMILES string of the molecule is Cn1nccc1-c1cc(NC=O)ccc1O. The highest BCUT2D eigenvalue weighted by atomic mass is 16.3. The van der Waals surface area contributed by atoms with Crippen LogP contribution in [-0.2, 0) is 11.8 Å². The summed E-state index contributed by atoms with van der Waals surface area (Å²) in [6.45, 7) is 0. The van der Waals surface area contributed by atoms with E-state index in [4.69, 9.17) is 0 Å². The normalized spacial score (nSPS) is 10.1. The molecule has 5 nitrogen and oxygen atoms in total. The molecule has 1 heterocycles. The highest BCUT2D eigenvalue weighted by Crippen LogP contribution is 2.30. The van der Waals surface area contributed by atoms with Crippen LogP contribution in [0, 0.1) is 0 Å². The number of aromatic nitrogens is 2. The molecule has 2 rings (SSSR count). The maximum atomic E-state index is 10.3. The second kappa shape index (κ2) is 4.06. The van der Waals surface area contributed by atoms with Gasteiger partial charge in [-0.15, -0.1) is 0 Å². The Morgan fingerprint density at radius 3 is 2.88 bits per heavy atom. The van der Waals surface area contributed by atoms with E-state index in [-0.39, 0.29) is 5.75 Å². The molecule has 0 saturated carbocycles. The molecule has 0 aliphatic heterocycles. The van der Waals surface area contributed by atoms with Gasteiger partial charge >= 0.3 is 0 Å². The molecule has 2 aromatic rings. The molecule has 5 heteroatoms. The molecule has 1 aromatic heterocycles. The van der Waals surface area contributed by atoms with E-state index in [0.717, 1.165) is 5.69 Å². The number of hydrogen-bond acceptors (Lipinski definition) is 3. The molecule has 16 heavy (non-hydrogen) atoms. The number of rotatable bonds is 3. The second-order valence-electron chi connectivity index (χ2n) is 3.33. The number of anilines is 1. The van der Waals surface area contributed by atoms with Crippen molar-refractivity contribution >= 4 is 12.1 Å². The third-order valence-corrected chi connectivity index (χ3v) is 2.32. The van der Waals surface area contributed by atoms with E-state index in [2.05, 4.69) is 10.4 Å². The Morgan fingerprint density at radius 1 is 1.44 bits per heavy atom. The Morgan fingerprint density at radius 2 is 2.25 bits per heavy atom. The van der Waals surface area contributed by atoms with Gasteiger partial charge in [-0.05, 0) is 24.3 Å². The highest BCUT2D eigenvalue weighted by molar-refractivity contribution is 5.77. The lowest BCUT2D eigenvalue weighted by Crippen LogP contribution is -1.96. The summed E-state index contributed by atoms with van der Waals surface area (Å²) in [5.74, 6) is 0.153. The molecule has 0 aliphatic rings. The number of carbonyl (C=O) groups is 1. The first kappa shape index (κ1) is 10.2. The molecule has 0 fully saturated rings. The Kier molecular flexibility index (Phi) is 2.59. The Hall–Kier alpha value is -2.30. The number of hydrogen-bond donors (Lipinski definition) is 2. The maximum Gasteiger partial charge on any atom is 0.211 e.